The van der Waals surface area contributed by atoms with Crippen LogP contribution in [0.15, 0.2) is 34.0 Å². The summed E-state index contributed by atoms with van der Waals surface area (Å²) in [6.45, 7) is 2.23. The van der Waals surface area contributed by atoms with Crippen molar-refractivity contribution in [3.8, 4) is 22.6 Å². The maximum Gasteiger partial charge on any atom is 0.332 e. The molecule has 4 heterocycles. The van der Waals surface area contributed by atoms with Gasteiger partial charge >= 0.3 is 5.69 Å². The molecule has 2 saturated heterocycles. The predicted molar refractivity (Wildman–Crippen MR) is 145 cm³/mol. The van der Waals surface area contributed by atoms with Crippen LogP contribution in [0.1, 0.15) is 25.3 Å². The Balaban J connectivity index is 1.61. The number of aromatic nitrogens is 3. The SMILES string of the molecule is CCCC1OC[C@H]2O[C@@H](Cc3cnc4c(c3-c3ccc(OC)c(OC)c3)c(=O)n(C)c(=O)n4C)[C@H](O)[C@@H](O)[C@@H]2O1. The van der Waals surface area contributed by atoms with E-state index < -0.39 is 48.1 Å². The van der Waals surface area contributed by atoms with Gasteiger partial charge in [-0.15, -0.1) is 0 Å². The smallest absolute Gasteiger partial charge is 0.332 e. The van der Waals surface area contributed by atoms with E-state index in [1.165, 1.54) is 25.8 Å². The van der Waals surface area contributed by atoms with Crippen molar-refractivity contribution in [1.82, 2.24) is 14.1 Å². The lowest BCUT2D eigenvalue weighted by molar-refractivity contribution is -0.325. The number of pyridine rings is 1. The zero-order valence-electron chi connectivity index (χ0n) is 23.2. The molecule has 6 atom stereocenters. The van der Waals surface area contributed by atoms with Gasteiger partial charge in [-0.05, 0) is 29.7 Å². The molecule has 2 aliphatic rings. The summed E-state index contributed by atoms with van der Waals surface area (Å²) in [6.07, 6.45) is -1.88. The summed E-state index contributed by atoms with van der Waals surface area (Å²) in [5.41, 5.74) is 0.892. The van der Waals surface area contributed by atoms with Crippen molar-refractivity contribution < 1.29 is 33.9 Å². The molecule has 0 amide bonds. The molecule has 1 unspecified atom stereocenters. The molecule has 216 valence electrons. The molecule has 2 fully saturated rings. The first-order valence-electron chi connectivity index (χ1n) is 13.3. The fraction of sp³-hybridized carbons (Fsp3) is 0.536. The normalized spacial score (nSPS) is 26.5. The van der Waals surface area contributed by atoms with Gasteiger partial charge in [0, 0.05) is 32.3 Å². The molecule has 1 aromatic carbocycles. The van der Waals surface area contributed by atoms with E-state index in [4.69, 9.17) is 23.7 Å². The molecule has 0 spiro atoms. The number of hydrogen-bond acceptors (Lipinski definition) is 10. The lowest BCUT2D eigenvalue weighted by Gasteiger charge is -2.46. The highest BCUT2D eigenvalue weighted by Gasteiger charge is 2.48. The van der Waals surface area contributed by atoms with E-state index in [1.54, 1.807) is 31.4 Å². The average molecular weight is 558 g/mol. The van der Waals surface area contributed by atoms with Gasteiger partial charge in [-0.2, -0.15) is 0 Å². The van der Waals surface area contributed by atoms with Crippen molar-refractivity contribution >= 4 is 11.0 Å². The summed E-state index contributed by atoms with van der Waals surface area (Å²) < 4.78 is 31.1. The van der Waals surface area contributed by atoms with E-state index >= 15 is 0 Å². The predicted octanol–water partition coefficient (Wildman–Crippen LogP) is 0.890. The van der Waals surface area contributed by atoms with Gasteiger partial charge in [0.1, 0.15) is 30.1 Å². The van der Waals surface area contributed by atoms with Gasteiger partial charge in [0.25, 0.3) is 5.56 Å². The summed E-state index contributed by atoms with van der Waals surface area (Å²) in [4.78, 5) is 30.6. The van der Waals surface area contributed by atoms with Crippen LogP contribution < -0.4 is 20.7 Å². The van der Waals surface area contributed by atoms with Gasteiger partial charge in [-0.3, -0.25) is 13.9 Å². The Kier molecular flexibility index (Phi) is 7.98. The van der Waals surface area contributed by atoms with Crippen LogP contribution in [0.4, 0.5) is 0 Å². The van der Waals surface area contributed by atoms with Crippen molar-refractivity contribution in [3.63, 3.8) is 0 Å². The number of aliphatic hydroxyl groups excluding tert-OH is 2. The van der Waals surface area contributed by atoms with Crippen molar-refractivity contribution in [2.75, 3.05) is 20.8 Å². The van der Waals surface area contributed by atoms with E-state index in [1.807, 2.05) is 6.92 Å². The molecule has 5 rings (SSSR count). The van der Waals surface area contributed by atoms with Crippen LogP contribution in [0, 0.1) is 0 Å². The van der Waals surface area contributed by atoms with E-state index in [-0.39, 0.29) is 24.1 Å². The van der Waals surface area contributed by atoms with Crippen LogP contribution in [0.5, 0.6) is 11.5 Å². The second-order valence-electron chi connectivity index (χ2n) is 10.2. The minimum Gasteiger partial charge on any atom is -0.493 e. The minimum atomic E-state index is -1.27. The molecule has 40 heavy (non-hydrogen) atoms. The number of hydrogen-bond donors (Lipinski definition) is 2. The zero-order valence-corrected chi connectivity index (χ0v) is 23.2. The number of aliphatic hydroxyl groups is 2. The highest BCUT2D eigenvalue weighted by atomic mass is 16.7. The topological polar surface area (TPSA) is 144 Å². The molecule has 0 aliphatic carbocycles. The summed E-state index contributed by atoms with van der Waals surface area (Å²) in [5, 5.41) is 22.3. The first kappa shape index (κ1) is 28.2. The molecule has 0 bridgehead atoms. The summed E-state index contributed by atoms with van der Waals surface area (Å²) in [7, 11) is 6.00. The molecular weight excluding hydrogens is 522 g/mol. The first-order chi connectivity index (χ1) is 19.2. The summed E-state index contributed by atoms with van der Waals surface area (Å²) >= 11 is 0. The molecule has 3 aromatic rings. The largest absolute Gasteiger partial charge is 0.493 e. The van der Waals surface area contributed by atoms with Gasteiger partial charge in [0.15, 0.2) is 17.8 Å². The number of aryl methyl sites for hydroxylation is 1. The van der Waals surface area contributed by atoms with Crippen LogP contribution >= 0.6 is 0 Å². The van der Waals surface area contributed by atoms with E-state index in [9.17, 15) is 19.8 Å². The maximum atomic E-state index is 13.5. The molecule has 12 heteroatoms. The number of benzene rings is 1. The van der Waals surface area contributed by atoms with Gasteiger partial charge in [0.2, 0.25) is 0 Å². The fourth-order valence-corrected chi connectivity index (χ4v) is 5.55. The molecular formula is C28H35N3O9. The molecule has 2 N–H and O–H groups in total. The van der Waals surface area contributed by atoms with Crippen LogP contribution in [0.2, 0.25) is 0 Å². The fourth-order valence-electron chi connectivity index (χ4n) is 5.55. The Morgan fingerprint density at radius 1 is 1.05 bits per heavy atom. The van der Waals surface area contributed by atoms with Crippen LogP contribution in [-0.2, 0) is 34.7 Å². The first-order valence-corrected chi connectivity index (χ1v) is 13.3. The highest BCUT2D eigenvalue weighted by Crippen LogP contribution is 2.38. The lowest BCUT2D eigenvalue weighted by Crippen LogP contribution is -2.63. The van der Waals surface area contributed by atoms with Gasteiger partial charge in [0.05, 0.1) is 32.3 Å². The minimum absolute atomic E-state index is 0.110. The Morgan fingerprint density at radius 2 is 1.80 bits per heavy atom. The number of nitrogens with zero attached hydrogens (tertiary/aromatic N) is 3. The van der Waals surface area contributed by atoms with Gasteiger partial charge in [-0.1, -0.05) is 19.4 Å². The maximum absolute atomic E-state index is 13.5. The second kappa shape index (κ2) is 11.3. The number of fused-ring (bicyclic) bond motifs is 2. The van der Waals surface area contributed by atoms with E-state index in [0.717, 1.165) is 11.0 Å². The number of methoxy groups -OCH3 is 2. The average Bonchev–Trinajstić information content (AvgIpc) is 2.97. The second-order valence-corrected chi connectivity index (χ2v) is 10.2. The van der Waals surface area contributed by atoms with E-state index in [2.05, 4.69) is 4.98 Å². The summed E-state index contributed by atoms with van der Waals surface area (Å²) in [5.74, 6) is 0.952. The van der Waals surface area contributed by atoms with Crippen molar-refractivity contribution in [3.05, 3.63) is 50.8 Å². The highest BCUT2D eigenvalue weighted by molar-refractivity contribution is 5.94. The Labute approximate surface area is 230 Å². The van der Waals surface area contributed by atoms with Crippen molar-refractivity contribution in [1.29, 1.82) is 0 Å². The third kappa shape index (κ3) is 4.79. The lowest BCUT2D eigenvalue weighted by atomic mass is 9.88. The van der Waals surface area contributed by atoms with Crippen molar-refractivity contribution in [2.24, 2.45) is 14.1 Å². The molecule has 12 nitrogen and oxygen atoms in total. The van der Waals surface area contributed by atoms with Crippen LogP contribution in [-0.4, -0.2) is 82.0 Å². The number of rotatable bonds is 7. The van der Waals surface area contributed by atoms with Gasteiger partial charge in [-0.25, -0.2) is 9.78 Å². The van der Waals surface area contributed by atoms with Gasteiger partial charge < -0.3 is 33.9 Å². The third-order valence-corrected chi connectivity index (χ3v) is 7.70. The zero-order chi connectivity index (χ0) is 28.7. The third-order valence-electron chi connectivity index (χ3n) is 7.70. The molecule has 2 aliphatic heterocycles. The molecule has 2 aromatic heterocycles. The number of ether oxygens (including phenoxy) is 5. The molecule has 0 radical (unpaired) electrons. The molecule has 0 saturated carbocycles. The Bertz CT molecular complexity index is 1520. The Morgan fingerprint density at radius 3 is 2.50 bits per heavy atom. The van der Waals surface area contributed by atoms with Crippen molar-refractivity contribution in [2.45, 2.75) is 63.0 Å². The Hall–Kier alpha value is -3.29. The monoisotopic (exact) mass is 557 g/mol. The standard InChI is InChI=1S/C28H35N3O9/c1-6-7-20-38-13-19-25(40-20)24(33)23(32)18(39-19)11-15-12-29-26-22(27(34)31(3)28(35)30(26)2)21(15)14-8-9-16(36-4)17(10-14)37-5/h8-10,12,18-20,23-25,32-33H,6-7,11,13H2,1-5H3/t18-,19+,20?,23-,24+,25+/m0/s1. The summed E-state index contributed by atoms with van der Waals surface area (Å²) in [6, 6.07) is 5.24. The van der Waals surface area contributed by atoms with Crippen LogP contribution in [0.3, 0.4) is 0 Å². The van der Waals surface area contributed by atoms with E-state index in [0.29, 0.717) is 34.6 Å². The van der Waals surface area contributed by atoms with Crippen LogP contribution in [0.25, 0.3) is 22.2 Å². The quantitative estimate of drug-likeness (QED) is 0.430.